The van der Waals surface area contributed by atoms with Crippen molar-refractivity contribution in [2.75, 3.05) is 19.7 Å². The van der Waals surface area contributed by atoms with E-state index in [2.05, 4.69) is 27.3 Å². The molecule has 2 heterocycles. The van der Waals surface area contributed by atoms with E-state index < -0.39 is 0 Å². The van der Waals surface area contributed by atoms with E-state index in [1.807, 2.05) is 31.2 Å². The third-order valence-electron chi connectivity index (χ3n) is 4.78. The van der Waals surface area contributed by atoms with Crippen LogP contribution in [0.5, 0.6) is 0 Å². The maximum absolute atomic E-state index is 12.5. The van der Waals surface area contributed by atoms with Gasteiger partial charge < -0.3 is 10.4 Å². The normalized spacial score (nSPS) is 21.0. The van der Waals surface area contributed by atoms with Gasteiger partial charge in [-0.3, -0.25) is 14.7 Å². The zero-order valence-electron chi connectivity index (χ0n) is 14.6. The standard InChI is InChI=1S/C20H25N3O2/c1-15-7-8-18(21-11-15)20(25)22-19-13-23(10-9-17(19)14-24)12-16-5-3-2-4-6-16/h2-8,11,17,19,24H,9-10,12-14H2,1H3,(H,22,25). The predicted octanol–water partition coefficient (Wildman–Crippen LogP) is 2.00. The lowest BCUT2D eigenvalue weighted by Crippen LogP contribution is -2.53. The second-order valence-corrected chi connectivity index (χ2v) is 6.75. The summed E-state index contributed by atoms with van der Waals surface area (Å²) in [6.07, 6.45) is 2.57. The van der Waals surface area contributed by atoms with E-state index >= 15 is 0 Å². The number of aromatic nitrogens is 1. The molecule has 25 heavy (non-hydrogen) atoms. The molecule has 132 valence electrons. The Morgan fingerprint density at radius 3 is 2.76 bits per heavy atom. The summed E-state index contributed by atoms with van der Waals surface area (Å²) < 4.78 is 0. The Balaban J connectivity index is 1.64. The highest BCUT2D eigenvalue weighted by Gasteiger charge is 2.30. The maximum Gasteiger partial charge on any atom is 0.270 e. The lowest BCUT2D eigenvalue weighted by molar-refractivity contribution is 0.0727. The summed E-state index contributed by atoms with van der Waals surface area (Å²) in [5, 5.41) is 12.7. The molecule has 3 rings (SSSR count). The minimum absolute atomic E-state index is 0.0712. The van der Waals surface area contributed by atoms with Crippen LogP contribution in [-0.2, 0) is 6.54 Å². The quantitative estimate of drug-likeness (QED) is 0.874. The van der Waals surface area contributed by atoms with Crippen LogP contribution in [0.4, 0.5) is 0 Å². The number of likely N-dealkylation sites (tertiary alicyclic amines) is 1. The number of aliphatic hydroxyl groups is 1. The van der Waals surface area contributed by atoms with Crippen molar-refractivity contribution >= 4 is 5.91 Å². The van der Waals surface area contributed by atoms with Crippen LogP contribution in [0.2, 0.25) is 0 Å². The first-order valence-corrected chi connectivity index (χ1v) is 8.76. The van der Waals surface area contributed by atoms with Gasteiger partial charge in [-0.2, -0.15) is 0 Å². The number of nitrogens with zero attached hydrogens (tertiary/aromatic N) is 2. The van der Waals surface area contributed by atoms with Gasteiger partial charge in [0.2, 0.25) is 0 Å². The van der Waals surface area contributed by atoms with E-state index in [1.54, 1.807) is 12.3 Å². The number of rotatable bonds is 5. The molecule has 1 saturated heterocycles. The second-order valence-electron chi connectivity index (χ2n) is 6.75. The highest BCUT2D eigenvalue weighted by atomic mass is 16.3. The largest absolute Gasteiger partial charge is 0.396 e. The summed E-state index contributed by atoms with van der Waals surface area (Å²) in [6, 6.07) is 13.9. The molecule has 5 heteroatoms. The van der Waals surface area contributed by atoms with E-state index in [9.17, 15) is 9.90 Å². The Labute approximate surface area is 148 Å². The van der Waals surface area contributed by atoms with Crippen LogP contribution in [0, 0.1) is 12.8 Å². The van der Waals surface area contributed by atoms with Crippen molar-refractivity contribution in [3.8, 4) is 0 Å². The van der Waals surface area contributed by atoms with Crippen LogP contribution >= 0.6 is 0 Å². The van der Waals surface area contributed by atoms with E-state index in [1.165, 1.54) is 5.56 Å². The maximum atomic E-state index is 12.5. The van der Waals surface area contributed by atoms with Crippen LogP contribution in [0.15, 0.2) is 48.7 Å². The number of pyridine rings is 1. The number of benzene rings is 1. The second kappa shape index (κ2) is 8.23. The molecule has 2 N–H and O–H groups in total. The van der Waals surface area contributed by atoms with Gasteiger partial charge in [-0.25, -0.2) is 0 Å². The van der Waals surface area contributed by atoms with Crippen molar-refractivity contribution in [2.45, 2.75) is 25.9 Å². The number of piperidine rings is 1. The minimum atomic E-state index is -0.176. The van der Waals surface area contributed by atoms with Crippen molar-refractivity contribution in [2.24, 2.45) is 5.92 Å². The number of aliphatic hydroxyl groups excluding tert-OH is 1. The zero-order chi connectivity index (χ0) is 17.6. The van der Waals surface area contributed by atoms with E-state index in [0.717, 1.165) is 31.6 Å². The summed E-state index contributed by atoms with van der Waals surface area (Å²) in [6.45, 7) is 4.55. The molecular formula is C20H25N3O2. The van der Waals surface area contributed by atoms with Crippen molar-refractivity contribution in [3.63, 3.8) is 0 Å². The van der Waals surface area contributed by atoms with Crippen molar-refractivity contribution in [1.29, 1.82) is 0 Å². The first-order chi connectivity index (χ1) is 12.2. The summed E-state index contributed by atoms with van der Waals surface area (Å²) in [4.78, 5) is 19.0. The Morgan fingerprint density at radius 2 is 2.08 bits per heavy atom. The molecule has 1 amide bonds. The lowest BCUT2D eigenvalue weighted by atomic mass is 9.91. The number of nitrogens with one attached hydrogen (secondary N) is 1. The molecule has 1 aliphatic rings. The van der Waals surface area contributed by atoms with Crippen LogP contribution in [0.1, 0.15) is 28.0 Å². The number of amides is 1. The Bertz CT molecular complexity index is 688. The van der Waals surface area contributed by atoms with Crippen LogP contribution in [0.3, 0.4) is 0 Å². The molecule has 0 bridgehead atoms. The fraction of sp³-hybridized carbons (Fsp3) is 0.400. The summed E-state index contributed by atoms with van der Waals surface area (Å²) in [5.74, 6) is -0.0913. The van der Waals surface area contributed by atoms with Gasteiger partial charge in [-0.1, -0.05) is 36.4 Å². The van der Waals surface area contributed by atoms with E-state index in [4.69, 9.17) is 0 Å². The fourth-order valence-corrected chi connectivity index (χ4v) is 3.28. The van der Waals surface area contributed by atoms with Gasteiger partial charge in [-0.05, 0) is 37.1 Å². The van der Waals surface area contributed by atoms with Crippen LogP contribution in [0.25, 0.3) is 0 Å². The van der Waals surface area contributed by atoms with Gasteiger partial charge in [0.1, 0.15) is 5.69 Å². The molecule has 1 aromatic carbocycles. The van der Waals surface area contributed by atoms with Crippen LogP contribution < -0.4 is 5.32 Å². The summed E-state index contributed by atoms with van der Waals surface area (Å²) >= 11 is 0. The Hall–Kier alpha value is -2.24. The third-order valence-corrected chi connectivity index (χ3v) is 4.78. The minimum Gasteiger partial charge on any atom is -0.396 e. The number of carbonyl (C=O) groups excluding carboxylic acids is 1. The molecule has 0 radical (unpaired) electrons. The molecule has 0 saturated carbocycles. The van der Waals surface area contributed by atoms with Gasteiger partial charge >= 0.3 is 0 Å². The molecule has 2 unspecified atom stereocenters. The third kappa shape index (κ3) is 4.65. The molecule has 0 aliphatic carbocycles. The molecule has 1 aromatic heterocycles. The first-order valence-electron chi connectivity index (χ1n) is 8.76. The van der Waals surface area contributed by atoms with E-state index in [-0.39, 0.29) is 24.5 Å². The molecule has 0 spiro atoms. The number of aryl methyl sites for hydroxylation is 1. The van der Waals surface area contributed by atoms with Crippen LogP contribution in [-0.4, -0.2) is 46.6 Å². The topological polar surface area (TPSA) is 65.5 Å². The predicted molar refractivity (Wildman–Crippen MR) is 97.1 cm³/mol. The molecular weight excluding hydrogens is 314 g/mol. The van der Waals surface area contributed by atoms with Crippen molar-refractivity contribution in [1.82, 2.24) is 15.2 Å². The molecule has 5 nitrogen and oxygen atoms in total. The average Bonchev–Trinajstić information content (AvgIpc) is 2.63. The van der Waals surface area contributed by atoms with Crippen molar-refractivity contribution < 1.29 is 9.90 Å². The van der Waals surface area contributed by atoms with Gasteiger partial charge in [0.15, 0.2) is 0 Å². The average molecular weight is 339 g/mol. The zero-order valence-corrected chi connectivity index (χ0v) is 14.6. The molecule has 2 aromatic rings. The summed E-state index contributed by atoms with van der Waals surface area (Å²) in [5.41, 5.74) is 2.70. The van der Waals surface area contributed by atoms with Gasteiger partial charge in [-0.15, -0.1) is 0 Å². The summed E-state index contributed by atoms with van der Waals surface area (Å²) in [7, 11) is 0. The van der Waals surface area contributed by atoms with Gasteiger partial charge in [0.25, 0.3) is 5.91 Å². The Kier molecular flexibility index (Phi) is 5.79. The lowest BCUT2D eigenvalue weighted by Gasteiger charge is -2.38. The Morgan fingerprint density at radius 1 is 1.28 bits per heavy atom. The fourth-order valence-electron chi connectivity index (χ4n) is 3.28. The monoisotopic (exact) mass is 339 g/mol. The molecule has 2 atom stereocenters. The number of hydrogen-bond acceptors (Lipinski definition) is 4. The van der Waals surface area contributed by atoms with E-state index in [0.29, 0.717) is 5.69 Å². The highest BCUT2D eigenvalue weighted by Crippen LogP contribution is 2.20. The SMILES string of the molecule is Cc1ccc(C(=O)NC2CN(Cc3ccccc3)CCC2CO)nc1. The molecule has 1 fully saturated rings. The smallest absolute Gasteiger partial charge is 0.270 e. The number of hydrogen-bond donors (Lipinski definition) is 2. The molecule has 1 aliphatic heterocycles. The highest BCUT2D eigenvalue weighted by molar-refractivity contribution is 5.92. The van der Waals surface area contributed by atoms with Crippen molar-refractivity contribution in [3.05, 3.63) is 65.5 Å². The van der Waals surface area contributed by atoms with Gasteiger partial charge in [0, 0.05) is 37.9 Å². The number of carbonyl (C=O) groups is 1. The van der Waals surface area contributed by atoms with Gasteiger partial charge in [0.05, 0.1) is 0 Å². The first kappa shape index (κ1) is 17.6.